The fourth-order valence-corrected chi connectivity index (χ4v) is 4.28. The van der Waals surface area contributed by atoms with Crippen molar-refractivity contribution in [1.29, 1.82) is 0 Å². The Bertz CT molecular complexity index is 920. The van der Waals surface area contributed by atoms with Crippen LogP contribution in [-0.2, 0) is 4.79 Å². The van der Waals surface area contributed by atoms with Crippen molar-refractivity contribution in [3.8, 4) is 0 Å². The Kier molecular flexibility index (Phi) is 4.54. The first-order valence-electron chi connectivity index (χ1n) is 6.37. The summed E-state index contributed by atoms with van der Waals surface area (Å²) in [6.45, 7) is 1.44. The van der Waals surface area contributed by atoms with Crippen molar-refractivity contribution in [2.75, 3.05) is 10.6 Å². The molecule has 3 aromatic rings. The molecule has 0 bridgehead atoms. The van der Waals surface area contributed by atoms with Crippen LogP contribution in [0.5, 0.6) is 0 Å². The third-order valence-electron chi connectivity index (χ3n) is 2.83. The molecule has 1 aromatic carbocycles. The summed E-state index contributed by atoms with van der Waals surface area (Å²) in [5.74, 6) is -0.509. The van der Waals surface area contributed by atoms with E-state index in [-0.39, 0.29) is 11.8 Å². The van der Waals surface area contributed by atoms with Crippen LogP contribution in [0.15, 0.2) is 24.3 Å². The normalized spacial score (nSPS) is 10.7. The number of anilines is 2. The lowest BCUT2D eigenvalue weighted by Gasteiger charge is -1.99. The van der Waals surface area contributed by atoms with Crippen molar-refractivity contribution in [3.05, 3.63) is 38.5 Å². The Morgan fingerprint density at radius 3 is 2.57 bits per heavy atom. The fraction of sp³-hybridized carbons (Fsp3) is 0.0714. The Labute approximate surface area is 149 Å². The number of hydrogen-bond acceptors (Lipinski definition) is 5. The summed E-state index contributed by atoms with van der Waals surface area (Å²) >= 11 is 14.3. The number of thiazole rings is 1. The molecule has 9 heteroatoms. The molecule has 2 amide bonds. The van der Waals surface area contributed by atoms with Gasteiger partial charge in [-0.2, -0.15) is 0 Å². The highest BCUT2D eigenvalue weighted by Crippen LogP contribution is 2.33. The summed E-state index contributed by atoms with van der Waals surface area (Å²) in [7, 11) is 0. The second-order valence-corrected chi connectivity index (χ2v) is 7.89. The van der Waals surface area contributed by atoms with Crippen LogP contribution in [0.25, 0.3) is 10.2 Å². The molecule has 0 atom stereocenters. The van der Waals surface area contributed by atoms with Crippen molar-refractivity contribution in [2.24, 2.45) is 0 Å². The van der Waals surface area contributed by atoms with Crippen molar-refractivity contribution in [1.82, 2.24) is 4.98 Å². The summed E-state index contributed by atoms with van der Waals surface area (Å²) in [4.78, 5) is 27.6. The third-order valence-corrected chi connectivity index (χ3v) is 5.25. The zero-order valence-electron chi connectivity index (χ0n) is 11.6. The number of nitrogens with zero attached hydrogens (tertiary/aromatic N) is 1. The predicted octanol–water partition coefficient (Wildman–Crippen LogP) is 4.88. The minimum Gasteiger partial charge on any atom is -0.326 e. The van der Waals surface area contributed by atoms with Crippen molar-refractivity contribution in [2.45, 2.75) is 6.92 Å². The molecular formula is C14H9Cl2N3O2S2. The van der Waals surface area contributed by atoms with E-state index in [9.17, 15) is 9.59 Å². The second-order valence-electron chi connectivity index (χ2n) is 4.57. The number of rotatable bonds is 3. The van der Waals surface area contributed by atoms with Crippen LogP contribution in [0.3, 0.4) is 0 Å². The van der Waals surface area contributed by atoms with Crippen LogP contribution in [-0.4, -0.2) is 16.8 Å². The number of amides is 2. The highest BCUT2D eigenvalue weighted by Gasteiger charge is 2.16. The minimum atomic E-state index is -0.362. The molecule has 0 aliphatic carbocycles. The Hall–Kier alpha value is -1.67. The summed E-state index contributed by atoms with van der Waals surface area (Å²) in [5, 5.41) is 5.86. The van der Waals surface area contributed by atoms with Crippen molar-refractivity contribution < 1.29 is 9.59 Å². The van der Waals surface area contributed by atoms with Gasteiger partial charge in [-0.15, -0.1) is 11.3 Å². The number of aromatic nitrogens is 1. The van der Waals surface area contributed by atoms with Crippen LogP contribution < -0.4 is 10.6 Å². The summed E-state index contributed by atoms with van der Waals surface area (Å²) in [6.07, 6.45) is 0. The maximum absolute atomic E-state index is 12.2. The average molecular weight is 386 g/mol. The number of benzene rings is 1. The quantitative estimate of drug-likeness (QED) is 0.674. The molecule has 0 fully saturated rings. The number of thiophene rings is 1. The number of carbonyl (C=O) groups is 2. The summed E-state index contributed by atoms with van der Waals surface area (Å²) in [5.41, 5.74) is 1.73. The van der Waals surface area contributed by atoms with Gasteiger partial charge in [0.1, 0.15) is 4.34 Å². The van der Waals surface area contributed by atoms with E-state index in [0.717, 1.165) is 21.6 Å². The molecule has 0 saturated carbocycles. The molecule has 23 heavy (non-hydrogen) atoms. The molecule has 2 aromatic heterocycles. The largest absolute Gasteiger partial charge is 0.326 e. The smallest absolute Gasteiger partial charge is 0.259 e. The van der Waals surface area contributed by atoms with E-state index in [1.807, 2.05) is 0 Å². The van der Waals surface area contributed by atoms with Crippen LogP contribution in [0.1, 0.15) is 17.3 Å². The highest BCUT2D eigenvalue weighted by atomic mass is 35.5. The van der Waals surface area contributed by atoms with Gasteiger partial charge in [0.25, 0.3) is 5.91 Å². The number of nitrogens with one attached hydrogen (secondary N) is 2. The highest BCUT2D eigenvalue weighted by molar-refractivity contribution is 7.22. The maximum atomic E-state index is 12.2. The van der Waals surface area contributed by atoms with Gasteiger partial charge in [0.15, 0.2) is 5.13 Å². The van der Waals surface area contributed by atoms with Gasteiger partial charge in [-0.1, -0.05) is 34.5 Å². The van der Waals surface area contributed by atoms with E-state index >= 15 is 0 Å². The molecule has 2 N–H and O–H groups in total. The van der Waals surface area contributed by atoms with Gasteiger partial charge in [-0.3, -0.25) is 14.9 Å². The molecule has 2 heterocycles. The Morgan fingerprint density at radius 1 is 1.13 bits per heavy atom. The first kappa shape index (κ1) is 16.2. The van der Waals surface area contributed by atoms with Gasteiger partial charge >= 0.3 is 0 Å². The van der Waals surface area contributed by atoms with Gasteiger partial charge in [-0.25, -0.2) is 4.98 Å². The van der Waals surface area contributed by atoms with Gasteiger partial charge < -0.3 is 5.32 Å². The standard InChI is InChI=1S/C14H9Cl2N3O2S2/c1-6(20)17-7-2-3-9-10(4-7)22-14(18-9)19-13(21)8-5-11(15)23-12(8)16/h2-5H,1H3,(H,17,20)(H,18,19,21). The van der Waals surface area contributed by atoms with Crippen molar-refractivity contribution in [3.63, 3.8) is 0 Å². The van der Waals surface area contributed by atoms with Gasteiger partial charge in [0, 0.05) is 12.6 Å². The second kappa shape index (κ2) is 6.45. The zero-order chi connectivity index (χ0) is 16.6. The maximum Gasteiger partial charge on any atom is 0.259 e. The lowest BCUT2D eigenvalue weighted by Crippen LogP contribution is -2.10. The van der Waals surface area contributed by atoms with Crippen LogP contribution in [0.4, 0.5) is 10.8 Å². The number of fused-ring (bicyclic) bond motifs is 1. The number of halogens is 2. The topological polar surface area (TPSA) is 71.1 Å². The minimum absolute atomic E-state index is 0.147. The van der Waals surface area contributed by atoms with Crippen LogP contribution >= 0.6 is 45.9 Å². The van der Waals surface area contributed by atoms with Crippen molar-refractivity contribution >= 4 is 78.7 Å². The van der Waals surface area contributed by atoms with E-state index in [1.165, 1.54) is 24.3 Å². The summed E-state index contributed by atoms with van der Waals surface area (Å²) < 4.78 is 1.63. The zero-order valence-corrected chi connectivity index (χ0v) is 14.8. The first-order valence-corrected chi connectivity index (χ1v) is 8.75. The van der Waals surface area contributed by atoms with E-state index in [2.05, 4.69) is 15.6 Å². The number of hydrogen-bond donors (Lipinski definition) is 2. The SMILES string of the molecule is CC(=O)Nc1ccc2nc(NC(=O)c3cc(Cl)sc3Cl)sc2c1. The summed E-state index contributed by atoms with van der Waals surface area (Å²) in [6, 6.07) is 6.86. The molecule has 5 nitrogen and oxygen atoms in total. The third kappa shape index (κ3) is 3.64. The molecule has 0 radical (unpaired) electrons. The molecule has 3 rings (SSSR count). The lowest BCUT2D eigenvalue weighted by molar-refractivity contribution is -0.114. The molecule has 0 aliphatic heterocycles. The molecule has 0 spiro atoms. The van der Waals surface area contributed by atoms with E-state index in [1.54, 1.807) is 18.2 Å². The molecular weight excluding hydrogens is 377 g/mol. The van der Waals surface area contributed by atoms with Gasteiger partial charge in [0.05, 0.1) is 20.1 Å². The van der Waals surface area contributed by atoms with Gasteiger partial charge in [0.2, 0.25) is 5.91 Å². The molecule has 0 unspecified atom stereocenters. The lowest BCUT2D eigenvalue weighted by atomic mass is 10.3. The van der Waals surface area contributed by atoms with E-state index < -0.39 is 0 Å². The average Bonchev–Trinajstić information content (AvgIpc) is 2.99. The van der Waals surface area contributed by atoms with Crippen LogP contribution in [0, 0.1) is 0 Å². The number of carbonyl (C=O) groups excluding carboxylic acids is 2. The van der Waals surface area contributed by atoms with Gasteiger partial charge in [-0.05, 0) is 24.3 Å². The van der Waals surface area contributed by atoms with E-state index in [4.69, 9.17) is 23.2 Å². The van der Waals surface area contributed by atoms with Crippen LogP contribution in [0.2, 0.25) is 8.67 Å². The molecule has 0 aliphatic rings. The predicted molar refractivity (Wildman–Crippen MR) is 96.2 cm³/mol. The fourth-order valence-electron chi connectivity index (χ4n) is 1.92. The Morgan fingerprint density at radius 2 is 1.91 bits per heavy atom. The van der Waals surface area contributed by atoms with E-state index in [0.29, 0.717) is 25.1 Å². The Balaban J connectivity index is 1.84. The molecule has 0 saturated heterocycles. The monoisotopic (exact) mass is 385 g/mol. The molecule has 118 valence electrons. The first-order chi connectivity index (χ1) is 10.9.